The van der Waals surface area contributed by atoms with Crippen LogP contribution in [0.1, 0.15) is 22.8 Å². The molecule has 1 fully saturated rings. The molecule has 0 bridgehead atoms. The molecule has 0 saturated carbocycles. The zero-order chi connectivity index (χ0) is 14.5. The van der Waals surface area contributed by atoms with Crippen molar-refractivity contribution in [1.29, 1.82) is 0 Å². The van der Waals surface area contributed by atoms with Crippen molar-refractivity contribution >= 4 is 5.97 Å². The number of esters is 1. The van der Waals surface area contributed by atoms with Crippen LogP contribution in [-0.2, 0) is 9.47 Å². The standard InChI is InChI=1S/C15H20FNO3/c1-11-3-4-14(16)13(9-11)15(18)20-12(2)10-17-5-7-19-8-6-17/h3-4,9,12H,5-8,10H2,1-2H3. The van der Waals surface area contributed by atoms with Crippen LogP contribution in [0.5, 0.6) is 0 Å². The van der Waals surface area contributed by atoms with E-state index in [0.29, 0.717) is 19.8 Å². The van der Waals surface area contributed by atoms with Crippen LogP contribution in [0.25, 0.3) is 0 Å². The molecule has 1 aliphatic heterocycles. The van der Waals surface area contributed by atoms with Crippen molar-refractivity contribution in [3.8, 4) is 0 Å². The van der Waals surface area contributed by atoms with Gasteiger partial charge in [0.1, 0.15) is 11.9 Å². The summed E-state index contributed by atoms with van der Waals surface area (Å²) in [6, 6.07) is 4.43. The highest BCUT2D eigenvalue weighted by atomic mass is 19.1. The quantitative estimate of drug-likeness (QED) is 0.791. The number of halogens is 1. The van der Waals surface area contributed by atoms with E-state index in [-0.39, 0.29) is 11.7 Å². The van der Waals surface area contributed by atoms with Gasteiger partial charge in [-0.05, 0) is 26.0 Å². The molecule has 0 radical (unpaired) electrons. The smallest absolute Gasteiger partial charge is 0.341 e. The molecule has 1 aromatic carbocycles. The maximum Gasteiger partial charge on any atom is 0.341 e. The van der Waals surface area contributed by atoms with Crippen molar-refractivity contribution in [2.45, 2.75) is 20.0 Å². The molecule has 0 N–H and O–H groups in total. The highest BCUT2D eigenvalue weighted by Gasteiger charge is 2.19. The van der Waals surface area contributed by atoms with Crippen molar-refractivity contribution in [2.24, 2.45) is 0 Å². The fourth-order valence-corrected chi connectivity index (χ4v) is 2.23. The lowest BCUT2D eigenvalue weighted by molar-refractivity contribution is 0.000207. The van der Waals surface area contributed by atoms with Crippen LogP contribution in [-0.4, -0.2) is 49.8 Å². The summed E-state index contributed by atoms with van der Waals surface area (Å²) in [6.07, 6.45) is -0.277. The molecule has 2 rings (SSSR count). The lowest BCUT2D eigenvalue weighted by Gasteiger charge is -2.28. The summed E-state index contributed by atoms with van der Waals surface area (Å²) in [4.78, 5) is 14.1. The van der Waals surface area contributed by atoms with E-state index < -0.39 is 11.8 Å². The zero-order valence-corrected chi connectivity index (χ0v) is 11.9. The van der Waals surface area contributed by atoms with Crippen molar-refractivity contribution in [3.05, 3.63) is 35.1 Å². The minimum atomic E-state index is -0.605. The average Bonchev–Trinajstić information content (AvgIpc) is 2.42. The van der Waals surface area contributed by atoms with Gasteiger partial charge < -0.3 is 9.47 Å². The SMILES string of the molecule is Cc1ccc(F)c(C(=O)OC(C)CN2CCOCC2)c1. The van der Waals surface area contributed by atoms with Gasteiger partial charge in [-0.1, -0.05) is 11.6 Å². The number of carbonyl (C=O) groups excluding carboxylic acids is 1. The van der Waals surface area contributed by atoms with E-state index in [4.69, 9.17) is 9.47 Å². The minimum Gasteiger partial charge on any atom is -0.458 e. The minimum absolute atomic E-state index is 0.00109. The van der Waals surface area contributed by atoms with Crippen molar-refractivity contribution in [1.82, 2.24) is 4.90 Å². The van der Waals surface area contributed by atoms with Gasteiger partial charge in [0, 0.05) is 19.6 Å². The number of rotatable bonds is 4. The normalized spacial score (nSPS) is 17.8. The van der Waals surface area contributed by atoms with E-state index in [9.17, 15) is 9.18 Å². The van der Waals surface area contributed by atoms with E-state index in [2.05, 4.69) is 4.90 Å². The molecule has 0 spiro atoms. The third kappa shape index (κ3) is 4.02. The van der Waals surface area contributed by atoms with Gasteiger partial charge in [0.2, 0.25) is 0 Å². The summed E-state index contributed by atoms with van der Waals surface area (Å²) in [6.45, 7) is 7.35. The molecule has 1 atom stereocenters. The maximum atomic E-state index is 13.6. The summed E-state index contributed by atoms with van der Waals surface area (Å²) in [5.74, 6) is -1.15. The fourth-order valence-electron chi connectivity index (χ4n) is 2.23. The second-order valence-corrected chi connectivity index (χ2v) is 5.11. The molecule has 1 unspecified atom stereocenters. The summed E-state index contributed by atoms with van der Waals surface area (Å²) >= 11 is 0. The lowest BCUT2D eigenvalue weighted by atomic mass is 10.1. The number of nitrogens with zero attached hydrogens (tertiary/aromatic N) is 1. The Kier molecular flexibility index (Phi) is 5.09. The van der Waals surface area contributed by atoms with E-state index in [1.807, 2.05) is 13.8 Å². The Hall–Kier alpha value is -1.46. The van der Waals surface area contributed by atoms with Crippen LogP contribution in [0, 0.1) is 12.7 Å². The second-order valence-electron chi connectivity index (χ2n) is 5.11. The molecule has 1 aliphatic rings. The Bertz CT molecular complexity index is 472. The molecule has 20 heavy (non-hydrogen) atoms. The summed E-state index contributed by atoms with van der Waals surface area (Å²) in [5, 5.41) is 0. The predicted octanol–water partition coefficient (Wildman–Crippen LogP) is 2.01. The van der Waals surface area contributed by atoms with Crippen LogP contribution in [0.4, 0.5) is 4.39 Å². The van der Waals surface area contributed by atoms with Crippen molar-refractivity contribution in [3.63, 3.8) is 0 Å². The topological polar surface area (TPSA) is 38.8 Å². The van der Waals surface area contributed by atoms with E-state index in [1.54, 1.807) is 6.07 Å². The number of carbonyl (C=O) groups is 1. The Morgan fingerprint density at radius 3 is 2.85 bits per heavy atom. The average molecular weight is 281 g/mol. The first-order chi connectivity index (χ1) is 9.56. The van der Waals surface area contributed by atoms with Gasteiger partial charge >= 0.3 is 5.97 Å². The summed E-state index contributed by atoms with van der Waals surface area (Å²) < 4.78 is 24.2. The first-order valence-electron chi connectivity index (χ1n) is 6.83. The van der Waals surface area contributed by atoms with Crippen molar-refractivity contribution < 1.29 is 18.7 Å². The Balaban J connectivity index is 1.91. The Labute approximate surface area is 118 Å². The van der Waals surface area contributed by atoms with Crippen LogP contribution >= 0.6 is 0 Å². The number of morpholine rings is 1. The van der Waals surface area contributed by atoms with E-state index >= 15 is 0 Å². The van der Waals surface area contributed by atoms with Crippen LogP contribution in [0.3, 0.4) is 0 Å². The van der Waals surface area contributed by atoms with Crippen LogP contribution in [0.15, 0.2) is 18.2 Å². The maximum absolute atomic E-state index is 13.6. The molecule has 0 amide bonds. The molecular formula is C15H20FNO3. The van der Waals surface area contributed by atoms with Gasteiger partial charge in [0.15, 0.2) is 0 Å². The monoisotopic (exact) mass is 281 g/mol. The number of benzene rings is 1. The molecule has 1 saturated heterocycles. The number of hydrogen-bond acceptors (Lipinski definition) is 4. The molecule has 4 nitrogen and oxygen atoms in total. The van der Waals surface area contributed by atoms with Crippen LogP contribution in [0.2, 0.25) is 0 Å². The summed E-state index contributed by atoms with van der Waals surface area (Å²) in [5.41, 5.74) is 0.831. The molecule has 5 heteroatoms. The molecule has 0 aromatic heterocycles. The van der Waals surface area contributed by atoms with Gasteiger partial charge in [0.25, 0.3) is 0 Å². The molecule has 1 aromatic rings. The number of ether oxygens (including phenoxy) is 2. The van der Waals surface area contributed by atoms with Crippen molar-refractivity contribution in [2.75, 3.05) is 32.8 Å². The first kappa shape index (κ1) is 14.9. The Morgan fingerprint density at radius 2 is 2.15 bits per heavy atom. The van der Waals surface area contributed by atoms with Gasteiger partial charge in [0.05, 0.1) is 18.8 Å². The first-order valence-corrected chi connectivity index (χ1v) is 6.83. The Morgan fingerprint density at radius 1 is 1.45 bits per heavy atom. The van der Waals surface area contributed by atoms with Gasteiger partial charge in [-0.2, -0.15) is 0 Å². The third-order valence-corrected chi connectivity index (χ3v) is 3.27. The molecule has 110 valence electrons. The van der Waals surface area contributed by atoms with E-state index in [1.165, 1.54) is 12.1 Å². The van der Waals surface area contributed by atoms with Gasteiger partial charge in [-0.3, -0.25) is 4.90 Å². The van der Waals surface area contributed by atoms with Crippen LogP contribution < -0.4 is 0 Å². The molecule has 1 heterocycles. The largest absolute Gasteiger partial charge is 0.458 e. The third-order valence-electron chi connectivity index (χ3n) is 3.27. The second kappa shape index (κ2) is 6.81. The molecular weight excluding hydrogens is 261 g/mol. The highest BCUT2D eigenvalue weighted by molar-refractivity contribution is 5.90. The zero-order valence-electron chi connectivity index (χ0n) is 11.9. The summed E-state index contributed by atoms with van der Waals surface area (Å²) in [7, 11) is 0. The van der Waals surface area contributed by atoms with Gasteiger partial charge in [-0.25, -0.2) is 9.18 Å². The lowest BCUT2D eigenvalue weighted by Crippen LogP contribution is -2.41. The fraction of sp³-hybridized carbons (Fsp3) is 0.533. The van der Waals surface area contributed by atoms with Gasteiger partial charge in [-0.15, -0.1) is 0 Å². The number of hydrogen-bond donors (Lipinski definition) is 0. The predicted molar refractivity (Wildman–Crippen MR) is 73.3 cm³/mol. The number of aryl methyl sites for hydroxylation is 1. The highest BCUT2D eigenvalue weighted by Crippen LogP contribution is 2.13. The van der Waals surface area contributed by atoms with E-state index in [0.717, 1.165) is 18.7 Å². The molecule has 0 aliphatic carbocycles.